The zero-order chi connectivity index (χ0) is 19.4. The lowest BCUT2D eigenvalue weighted by molar-refractivity contribution is -0.120. The molecule has 0 fully saturated rings. The molecule has 2 N–H and O–H groups in total. The quantitative estimate of drug-likeness (QED) is 0.458. The number of carboxylic acid groups (broad SMARTS) is 1. The zero-order valence-corrected chi connectivity index (χ0v) is 15.8. The Labute approximate surface area is 156 Å². The standard InChI is InChI=1S/C22H30O4/c1-3-4-5-11-21(24)12-7-10-19(17(2)23)9-6-8-18-13-15-20(16-14-18)22(25)26/h13-16,19,21,24H,3-6,8-11H2,1-2H3,(H,25,26). The Morgan fingerprint density at radius 3 is 2.35 bits per heavy atom. The number of Topliss-reactive ketones (excluding diaryl/α,β-unsaturated/α-hetero) is 1. The van der Waals surface area contributed by atoms with Gasteiger partial charge in [0.25, 0.3) is 0 Å². The first-order chi connectivity index (χ1) is 12.4. The molecule has 0 bridgehead atoms. The first-order valence-electron chi connectivity index (χ1n) is 9.43. The van der Waals surface area contributed by atoms with Gasteiger partial charge in [0.1, 0.15) is 11.9 Å². The maximum atomic E-state index is 11.8. The number of aryl methyl sites for hydroxylation is 1. The number of rotatable bonds is 11. The van der Waals surface area contributed by atoms with E-state index >= 15 is 0 Å². The van der Waals surface area contributed by atoms with Crippen LogP contribution >= 0.6 is 0 Å². The van der Waals surface area contributed by atoms with Crippen LogP contribution in [0.3, 0.4) is 0 Å². The molecule has 26 heavy (non-hydrogen) atoms. The summed E-state index contributed by atoms with van der Waals surface area (Å²) >= 11 is 0. The van der Waals surface area contributed by atoms with Gasteiger partial charge in [0.2, 0.25) is 0 Å². The number of carbonyl (C=O) groups is 2. The average molecular weight is 358 g/mol. The van der Waals surface area contributed by atoms with Gasteiger partial charge < -0.3 is 10.2 Å². The predicted octanol–water partition coefficient (Wildman–Crippen LogP) is 4.25. The van der Waals surface area contributed by atoms with Crippen LogP contribution in [0.1, 0.15) is 74.7 Å². The number of hydrogen-bond donors (Lipinski definition) is 2. The van der Waals surface area contributed by atoms with E-state index in [1.165, 1.54) is 0 Å². The van der Waals surface area contributed by atoms with Gasteiger partial charge in [-0.05, 0) is 56.7 Å². The monoisotopic (exact) mass is 358 g/mol. The summed E-state index contributed by atoms with van der Waals surface area (Å²) in [6, 6.07) is 6.84. The largest absolute Gasteiger partial charge is 0.478 e. The van der Waals surface area contributed by atoms with Gasteiger partial charge in [-0.2, -0.15) is 0 Å². The molecular weight excluding hydrogens is 328 g/mol. The number of ketones is 1. The molecule has 0 saturated heterocycles. The van der Waals surface area contributed by atoms with Crippen molar-refractivity contribution in [3.63, 3.8) is 0 Å². The highest BCUT2D eigenvalue weighted by Crippen LogP contribution is 2.16. The van der Waals surface area contributed by atoms with Crippen LogP contribution in [-0.4, -0.2) is 28.1 Å². The Kier molecular flexibility index (Phi) is 10.3. The van der Waals surface area contributed by atoms with Crippen LogP contribution in [0.5, 0.6) is 0 Å². The van der Waals surface area contributed by atoms with Gasteiger partial charge in [-0.1, -0.05) is 43.7 Å². The lowest BCUT2D eigenvalue weighted by Gasteiger charge is -2.10. The molecule has 0 aliphatic heterocycles. The molecule has 4 nitrogen and oxygen atoms in total. The van der Waals surface area contributed by atoms with Crippen LogP contribution in [0.2, 0.25) is 0 Å². The second-order valence-electron chi connectivity index (χ2n) is 6.74. The number of unbranched alkanes of at least 4 members (excludes halogenated alkanes) is 2. The topological polar surface area (TPSA) is 74.6 Å². The first kappa shape index (κ1) is 21.9. The van der Waals surface area contributed by atoms with Gasteiger partial charge in [0, 0.05) is 12.3 Å². The predicted molar refractivity (Wildman–Crippen MR) is 103 cm³/mol. The fourth-order valence-corrected chi connectivity index (χ4v) is 2.78. The fourth-order valence-electron chi connectivity index (χ4n) is 2.78. The summed E-state index contributed by atoms with van der Waals surface area (Å²) in [5.74, 6) is 4.92. The molecule has 0 heterocycles. The Balaban J connectivity index is 2.41. The molecule has 4 heteroatoms. The molecule has 0 aliphatic carbocycles. The second-order valence-corrected chi connectivity index (χ2v) is 6.74. The van der Waals surface area contributed by atoms with E-state index in [2.05, 4.69) is 18.8 Å². The summed E-state index contributed by atoms with van der Waals surface area (Å²) in [7, 11) is 0. The summed E-state index contributed by atoms with van der Waals surface area (Å²) in [6.45, 7) is 3.71. The average Bonchev–Trinajstić information content (AvgIpc) is 2.61. The molecule has 1 aromatic carbocycles. The number of carbonyl (C=O) groups excluding carboxylic acids is 1. The summed E-state index contributed by atoms with van der Waals surface area (Å²) in [4.78, 5) is 22.6. The van der Waals surface area contributed by atoms with Gasteiger partial charge in [-0.3, -0.25) is 4.79 Å². The molecule has 0 saturated carbocycles. The van der Waals surface area contributed by atoms with Gasteiger partial charge >= 0.3 is 5.97 Å². The minimum atomic E-state index is -0.927. The van der Waals surface area contributed by atoms with Crippen molar-refractivity contribution in [1.29, 1.82) is 0 Å². The number of aliphatic hydroxyl groups is 1. The third-order valence-corrected chi connectivity index (χ3v) is 4.49. The molecule has 2 unspecified atom stereocenters. The number of aromatic carboxylic acids is 1. The minimum absolute atomic E-state index is 0.108. The van der Waals surface area contributed by atoms with Crippen LogP contribution in [0.25, 0.3) is 0 Å². The lowest BCUT2D eigenvalue weighted by atomic mass is 9.93. The molecule has 0 aromatic heterocycles. The van der Waals surface area contributed by atoms with E-state index in [0.717, 1.165) is 44.1 Å². The Morgan fingerprint density at radius 1 is 1.08 bits per heavy atom. The maximum absolute atomic E-state index is 11.8. The van der Waals surface area contributed by atoms with Crippen molar-refractivity contribution < 1.29 is 19.8 Å². The van der Waals surface area contributed by atoms with E-state index in [9.17, 15) is 14.7 Å². The van der Waals surface area contributed by atoms with E-state index in [-0.39, 0.29) is 17.3 Å². The molecule has 2 atom stereocenters. The van der Waals surface area contributed by atoms with Crippen LogP contribution in [0.15, 0.2) is 24.3 Å². The van der Waals surface area contributed by atoms with Crippen LogP contribution in [0, 0.1) is 17.8 Å². The van der Waals surface area contributed by atoms with Gasteiger partial charge in [-0.25, -0.2) is 4.79 Å². The van der Waals surface area contributed by atoms with Crippen molar-refractivity contribution >= 4 is 11.8 Å². The molecule has 0 spiro atoms. The van der Waals surface area contributed by atoms with Crippen molar-refractivity contribution in [2.24, 2.45) is 5.92 Å². The Morgan fingerprint density at radius 2 is 1.77 bits per heavy atom. The first-order valence-corrected chi connectivity index (χ1v) is 9.43. The van der Waals surface area contributed by atoms with Crippen molar-refractivity contribution in [3.05, 3.63) is 35.4 Å². The van der Waals surface area contributed by atoms with Crippen LogP contribution < -0.4 is 0 Å². The summed E-state index contributed by atoms with van der Waals surface area (Å²) < 4.78 is 0. The Hall–Kier alpha value is -2.12. The number of carboxylic acids is 1. The van der Waals surface area contributed by atoms with E-state index in [4.69, 9.17) is 5.11 Å². The van der Waals surface area contributed by atoms with Crippen molar-refractivity contribution in [2.45, 2.75) is 71.3 Å². The minimum Gasteiger partial charge on any atom is -0.478 e. The fraction of sp³-hybridized carbons (Fsp3) is 0.545. The lowest BCUT2D eigenvalue weighted by Crippen LogP contribution is -2.11. The van der Waals surface area contributed by atoms with E-state index in [1.807, 2.05) is 12.1 Å². The van der Waals surface area contributed by atoms with Crippen molar-refractivity contribution in [1.82, 2.24) is 0 Å². The molecule has 142 valence electrons. The van der Waals surface area contributed by atoms with Crippen molar-refractivity contribution in [3.8, 4) is 11.8 Å². The normalized spacial score (nSPS) is 12.7. The highest BCUT2D eigenvalue weighted by atomic mass is 16.4. The molecule has 0 amide bonds. The molecule has 0 radical (unpaired) electrons. The van der Waals surface area contributed by atoms with E-state index in [0.29, 0.717) is 12.8 Å². The van der Waals surface area contributed by atoms with Crippen molar-refractivity contribution in [2.75, 3.05) is 0 Å². The van der Waals surface area contributed by atoms with Crippen LogP contribution in [0.4, 0.5) is 0 Å². The molecular formula is C22H30O4. The summed E-state index contributed by atoms with van der Waals surface area (Å²) in [5, 5.41) is 18.7. The van der Waals surface area contributed by atoms with E-state index < -0.39 is 12.1 Å². The number of aliphatic hydroxyl groups excluding tert-OH is 1. The highest BCUT2D eigenvalue weighted by molar-refractivity contribution is 5.87. The van der Waals surface area contributed by atoms with Gasteiger partial charge in [0.15, 0.2) is 0 Å². The highest BCUT2D eigenvalue weighted by Gasteiger charge is 2.13. The van der Waals surface area contributed by atoms with Gasteiger partial charge in [0.05, 0.1) is 5.56 Å². The Bertz CT molecular complexity index is 622. The third-order valence-electron chi connectivity index (χ3n) is 4.49. The smallest absolute Gasteiger partial charge is 0.335 e. The molecule has 1 rings (SSSR count). The van der Waals surface area contributed by atoms with Gasteiger partial charge in [-0.15, -0.1) is 0 Å². The zero-order valence-electron chi connectivity index (χ0n) is 15.8. The third kappa shape index (κ3) is 8.82. The van der Waals surface area contributed by atoms with Crippen LogP contribution in [-0.2, 0) is 11.2 Å². The summed E-state index contributed by atoms with van der Waals surface area (Å²) in [5.41, 5.74) is 1.35. The number of benzene rings is 1. The second kappa shape index (κ2) is 12.3. The SMILES string of the molecule is CCCCCC(O)C#CCC(CCCc1ccc(C(=O)O)cc1)C(C)=O. The molecule has 1 aromatic rings. The maximum Gasteiger partial charge on any atom is 0.335 e. The summed E-state index contributed by atoms with van der Waals surface area (Å²) in [6.07, 6.45) is 6.17. The molecule has 0 aliphatic rings. The number of hydrogen-bond acceptors (Lipinski definition) is 3. The van der Waals surface area contributed by atoms with E-state index in [1.54, 1.807) is 19.1 Å².